The van der Waals surface area contributed by atoms with Crippen molar-refractivity contribution < 1.29 is 0 Å². The van der Waals surface area contributed by atoms with Gasteiger partial charge in [-0.1, -0.05) is 38.5 Å². The Morgan fingerprint density at radius 3 is 2.67 bits per heavy atom. The van der Waals surface area contributed by atoms with E-state index in [-0.39, 0.29) is 0 Å². The maximum Gasteiger partial charge on any atom is 0.0414 e. The van der Waals surface area contributed by atoms with Gasteiger partial charge in [-0.05, 0) is 37.4 Å². The molecule has 1 fully saturated rings. The molecular weight excluding hydrogens is 220 g/mol. The van der Waals surface area contributed by atoms with E-state index in [0.29, 0.717) is 0 Å². The van der Waals surface area contributed by atoms with Crippen LogP contribution in [-0.2, 0) is 6.54 Å². The fourth-order valence-corrected chi connectivity index (χ4v) is 2.41. The number of nitrogens with zero attached hydrogens (tertiary/aromatic N) is 1. The highest BCUT2D eigenvalue weighted by Crippen LogP contribution is 2.33. The summed E-state index contributed by atoms with van der Waals surface area (Å²) in [6.45, 7) is 7.67. The lowest BCUT2D eigenvalue weighted by atomic mass is 10.1. The van der Waals surface area contributed by atoms with E-state index < -0.39 is 0 Å². The maximum atomic E-state index is 3.45. The molecule has 0 bridgehead atoms. The molecule has 0 aliphatic heterocycles. The zero-order valence-electron chi connectivity index (χ0n) is 11.8. The van der Waals surface area contributed by atoms with E-state index >= 15 is 0 Å². The molecule has 1 aromatic carbocycles. The van der Waals surface area contributed by atoms with Crippen LogP contribution in [0.25, 0.3) is 0 Å². The zero-order valence-corrected chi connectivity index (χ0v) is 11.8. The van der Waals surface area contributed by atoms with Crippen molar-refractivity contribution in [2.75, 3.05) is 18.0 Å². The fraction of sp³-hybridized carbons (Fsp3) is 0.625. The van der Waals surface area contributed by atoms with Crippen LogP contribution in [0.15, 0.2) is 24.3 Å². The first-order valence-corrected chi connectivity index (χ1v) is 7.42. The summed E-state index contributed by atoms with van der Waals surface area (Å²) in [5.74, 6) is 0. The largest absolute Gasteiger partial charge is 0.368 e. The molecule has 1 aliphatic rings. The Morgan fingerprint density at radius 2 is 2.00 bits per heavy atom. The summed E-state index contributed by atoms with van der Waals surface area (Å²) in [6, 6.07) is 9.69. The van der Waals surface area contributed by atoms with E-state index in [1.54, 1.807) is 0 Å². The topological polar surface area (TPSA) is 15.3 Å². The van der Waals surface area contributed by atoms with Gasteiger partial charge in [-0.3, -0.25) is 0 Å². The molecule has 1 aromatic rings. The maximum absolute atomic E-state index is 3.45. The van der Waals surface area contributed by atoms with E-state index in [0.717, 1.165) is 19.1 Å². The third-order valence-corrected chi connectivity index (χ3v) is 3.61. The molecule has 0 saturated heterocycles. The number of hydrogen-bond acceptors (Lipinski definition) is 2. The number of nitrogens with one attached hydrogen (secondary N) is 1. The molecule has 0 heterocycles. The Labute approximate surface area is 111 Å². The zero-order chi connectivity index (χ0) is 12.8. The molecule has 0 aromatic heterocycles. The first-order valence-electron chi connectivity index (χ1n) is 7.42. The van der Waals surface area contributed by atoms with Gasteiger partial charge in [0.15, 0.2) is 0 Å². The Morgan fingerprint density at radius 1 is 1.22 bits per heavy atom. The van der Waals surface area contributed by atoms with Crippen molar-refractivity contribution in [1.82, 2.24) is 5.32 Å². The molecule has 1 aliphatic carbocycles. The minimum absolute atomic E-state index is 0.805. The van der Waals surface area contributed by atoms with Gasteiger partial charge in [0.2, 0.25) is 0 Å². The summed E-state index contributed by atoms with van der Waals surface area (Å²) < 4.78 is 0. The lowest BCUT2D eigenvalue weighted by Gasteiger charge is -2.27. The highest BCUT2D eigenvalue weighted by atomic mass is 15.2. The van der Waals surface area contributed by atoms with Crippen LogP contribution in [-0.4, -0.2) is 19.1 Å². The van der Waals surface area contributed by atoms with Gasteiger partial charge in [0, 0.05) is 24.8 Å². The molecule has 0 amide bonds. The predicted octanol–water partition coefficient (Wildman–Crippen LogP) is 3.57. The molecular formula is C16H26N2. The van der Waals surface area contributed by atoms with Crippen LogP contribution >= 0.6 is 0 Å². The Kier molecular flexibility index (Phi) is 5.06. The quantitative estimate of drug-likeness (QED) is 0.754. The van der Waals surface area contributed by atoms with Crippen molar-refractivity contribution in [1.29, 1.82) is 0 Å². The Hall–Kier alpha value is -1.02. The molecule has 100 valence electrons. The van der Waals surface area contributed by atoms with E-state index in [4.69, 9.17) is 0 Å². The fourth-order valence-electron chi connectivity index (χ4n) is 2.41. The standard InChI is InChI=1S/C16H26N2/c1-3-5-12-18(15-10-11-15)16-9-7-6-8-14(16)13-17-4-2/h6-9,15,17H,3-5,10-13H2,1-2H3. The van der Waals surface area contributed by atoms with Gasteiger partial charge < -0.3 is 10.2 Å². The summed E-state index contributed by atoms with van der Waals surface area (Å²) in [6.07, 6.45) is 5.32. The van der Waals surface area contributed by atoms with Crippen LogP contribution < -0.4 is 10.2 Å². The molecule has 0 spiro atoms. The number of hydrogen-bond donors (Lipinski definition) is 1. The molecule has 0 unspecified atom stereocenters. The third-order valence-electron chi connectivity index (χ3n) is 3.61. The van der Waals surface area contributed by atoms with E-state index in [9.17, 15) is 0 Å². The average molecular weight is 246 g/mol. The number of unbranched alkanes of at least 4 members (excludes halogenated alkanes) is 1. The van der Waals surface area contributed by atoms with E-state index in [1.165, 1.54) is 43.5 Å². The van der Waals surface area contributed by atoms with Gasteiger partial charge in [0.1, 0.15) is 0 Å². The van der Waals surface area contributed by atoms with Crippen LogP contribution in [0.2, 0.25) is 0 Å². The average Bonchev–Trinajstić information content (AvgIpc) is 3.22. The summed E-state index contributed by atoms with van der Waals surface area (Å²) >= 11 is 0. The minimum Gasteiger partial charge on any atom is -0.368 e. The molecule has 2 heteroatoms. The second kappa shape index (κ2) is 6.79. The van der Waals surface area contributed by atoms with Crippen LogP contribution in [0.1, 0.15) is 45.1 Å². The van der Waals surface area contributed by atoms with Crippen LogP contribution in [0.4, 0.5) is 5.69 Å². The van der Waals surface area contributed by atoms with E-state index in [1.807, 2.05) is 0 Å². The lowest BCUT2D eigenvalue weighted by molar-refractivity contribution is 0.693. The van der Waals surface area contributed by atoms with Gasteiger partial charge in [-0.15, -0.1) is 0 Å². The van der Waals surface area contributed by atoms with Crippen molar-refractivity contribution in [3.63, 3.8) is 0 Å². The van der Waals surface area contributed by atoms with Crippen molar-refractivity contribution in [3.8, 4) is 0 Å². The summed E-state index contributed by atoms with van der Waals surface area (Å²) in [5, 5.41) is 3.45. The van der Waals surface area contributed by atoms with Crippen LogP contribution in [0, 0.1) is 0 Å². The first-order chi connectivity index (χ1) is 8.86. The molecule has 0 radical (unpaired) electrons. The third kappa shape index (κ3) is 3.49. The highest BCUT2D eigenvalue weighted by molar-refractivity contribution is 5.55. The second-order valence-corrected chi connectivity index (χ2v) is 5.19. The van der Waals surface area contributed by atoms with Crippen LogP contribution in [0.3, 0.4) is 0 Å². The second-order valence-electron chi connectivity index (χ2n) is 5.19. The Balaban J connectivity index is 2.12. The number of anilines is 1. The van der Waals surface area contributed by atoms with Crippen LogP contribution in [0.5, 0.6) is 0 Å². The molecule has 0 atom stereocenters. The monoisotopic (exact) mass is 246 g/mol. The molecule has 1 N–H and O–H groups in total. The summed E-state index contributed by atoms with van der Waals surface area (Å²) in [7, 11) is 0. The van der Waals surface area contributed by atoms with Gasteiger partial charge in [-0.2, -0.15) is 0 Å². The summed E-state index contributed by atoms with van der Waals surface area (Å²) in [4.78, 5) is 2.64. The van der Waals surface area contributed by atoms with Gasteiger partial charge in [0.25, 0.3) is 0 Å². The summed E-state index contributed by atoms with van der Waals surface area (Å²) in [5.41, 5.74) is 2.90. The predicted molar refractivity (Wildman–Crippen MR) is 79.1 cm³/mol. The molecule has 2 rings (SSSR count). The minimum atomic E-state index is 0.805. The molecule has 2 nitrogen and oxygen atoms in total. The van der Waals surface area contributed by atoms with Crippen molar-refractivity contribution in [2.45, 2.75) is 52.1 Å². The van der Waals surface area contributed by atoms with Gasteiger partial charge in [-0.25, -0.2) is 0 Å². The van der Waals surface area contributed by atoms with Crippen molar-refractivity contribution >= 4 is 5.69 Å². The van der Waals surface area contributed by atoms with Crippen molar-refractivity contribution in [2.24, 2.45) is 0 Å². The number of para-hydroxylation sites is 1. The lowest BCUT2D eigenvalue weighted by Crippen LogP contribution is -2.28. The molecule has 18 heavy (non-hydrogen) atoms. The Bertz CT molecular complexity index is 358. The number of rotatable bonds is 8. The van der Waals surface area contributed by atoms with E-state index in [2.05, 4.69) is 48.3 Å². The smallest absolute Gasteiger partial charge is 0.0414 e. The first kappa shape index (κ1) is 13.4. The van der Waals surface area contributed by atoms with Crippen molar-refractivity contribution in [3.05, 3.63) is 29.8 Å². The SMILES string of the molecule is CCCCN(c1ccccc1CNCC)C1CC1. The molecule has 1 saturated carbocycles. The van der Waals surface area contributed by atoms with Gasteiger partial charge in [0.05, 0.1) is 0 Å². The number of benzene rings is 1. The highest BCUT2D eigenvalue weighted by Gasteiger charge is 2.29. The normalized spacial score (nSPS) is 14.8. The van der Waals surface area contributed by atoms with Gasteiger partial charge >= 0.3 is 0 Å².